The van der Waals surface area contributed by atoms with Crippen LogP contribution in [0.5, 0.6) is 0 Å². The molecule has 0 saturated carbocycles. The molecule has 1 aromatic rings. The molecule has 18 heavy (non-hydrogen) atoms. The van der Waals surface area contributed by atoms with E-state index in [4.69, 9.17) is 0 Å². The molecule has 6 nitrogen and oxygen atoms in total. The van der Waals surface area contributed by atoms with Gasteiger partial charge in [0.25, 0.3) is 0 Å². The van der Waals surface area contributed by atoms with Crippen LogP contribution in [0.25, 0.3) is 0 Å². The maximum Gasteiger partial charge on any atom is 0.149 e. The summed E-state index contributed by atoms with van der Waals surface area (Å²) in [4.78, 5) is 8.58. The van der Waals surface area contributed by atoms with Gasteiger partial charge in [-0.1, -0.05) is 6.92 Å². The van der Waals surface area contributed by atoms with Gasteiger partial charge < -0.3 is 10.6 Å². The molecule has 1 atom stereocenters. The number of aryl methyl sites for hydroxylation is 1. The maximum atomic E-state index is 11.2. The number of sulfone groups is 1. The summed E-state index contributed by atoms with van der Waals surface area (Å²) in [5.74, 6) is 2.15. The van der Waals surface area contributed by atoms with Crippen LogP contribution in [0.1, 0.15) is 19.7 Å². The largest absolute Gasteiger partial charge is 0.373 e. The minimum absolute atomic E-state index is 0.0767. The first-order chi connectivity index (χ1) is 8.34. The lowest BCUT2D eigenvalue weighted by atomic mass is 10.3. The monoisotopic (exact) mass is 272 g/mol. The molecule has 0 bridgehead atoms. The molecule has 0 aliphatic carbocycles. The van der Waals surface area contributed by atoms with Crippen LogP contribution in [-0.4, -0.2) is 43.5 Å². The topological polar surface area (TPSA) is 84.0 Å². The molecule has 0 radical (unpaired) electrons. The molecule has 0 spiro atoms. The Morgan fingerprint density at radius 1 is 1.33 bits per heavy atom. The van der Waals surface area contributed by atoms with Crippen molar-refractivity contribution in [3.8, 4) is 0 Å². The Morgan fingerprint density at radius 3 is 2.44 bits per heavy atom. The summed E-state index contributed by atoms with van der Waals surface area (Å²) < 4.78 is 22.4. The van der Waals surface area contributed by atoms with E-state index in [1.165, 1.54) is 6.26 Å². The summed E-state index contributed by atoms with van der Waals surface area (Å²) in [6, 6.07) is 1.57. The molecule has 0 aliphatic heterocycles. The van der Waals surface area contributed by atoms with Gasteiger partial charge in [0.1, 0.15) is 27.3 Å². The van der Waals surface area contributed by atoms with Crippen LogP contribution in [0, 0.1) is 0 Å². The summed E-state index contributed by atoms with van der Waals surface area (Å²) in [6.45, 7) is 3.78. The minimum atomic E-state index is -3.00. The van der Waals surface area contributed by atoms with Crippen molar-refractivity contribution in [1.82, 2.24) is 9.97 Å². The zero-order valence-electron chi connectivity index (χ0n) is 11.2. The molecule has 1 unspecified atom stereocenters. The number of hydrogen-bond acceptors (Lipinski definition) is 6. The number of aromatic nitrogens is 2. The summed E-state index contributed by atoms with van der Waals surface area (Å²) in [7, 11) is -1.21. The van der Waals surface area contributed by atoms with Crippen LogP contribution in [0.4, 0.5) is 11.6 Å². The Bertz CT molecular complexity index is 480. The zero-order valence-corrected chi connectivity index (χ0v) is 12.0. The Hall–Kier alpha value is -1.37. The average Bonchev–Trinajstić information content (AvgIpc) is 2.25. The Labute approximate surface area is 108 Å². The zero-order chi connectivity index (χ0) is 13.8. The number of nitrogens with zero attached hydrogens (tertiary/aromatic N) is 2. The Balaban J connectivity index is 2.83. The third-order valence-corrected chi connectivity index (χ3v) is 3.40. The summed E-state index contributed by atoms with van der Waals surface area (Å²) >= 11 is 0. The molecule has 102 valence electrons. The Morgan fingerprint density at radius 2 is 1.94 bits per heavy atom. The fourth-order valence-electron chi connectivity index (χ4n) is 1.61. The van der Waals surface area contributed by atoms with E-state index in [1.54, 1.807) is 13.1 Å². The van der Waals surface area contributed by atoms with E-state index < -0.39 is 9.84 Å². The number of rotatable bonds is 6. The van der Waals surface area contributed by atoms with Crippen LogP contribution in [-0.2, 0) is 16.3 Å². The second-order valence-corrected chi connectivity index (χ2v) is 6.48. The third kappa shape index (κ3) is 4.87. The van der Waals surface area contributed by atoms with Gasteiger partial charge in [0.2, 0.25) is 0 Å². The highest BCUT2D eigenvalue weighted by Gasteiger charge is 2.11. The van der Waals surface area contributed by atoms with Crippen molar-refractivity contribution in [2.75, 3.05) is 29.7 Å². The molecule has 1 aromatic heterocycles. The van der Waals surface area contributed by atoms with Gasteiger partial charge in [-0.2, -0.15) is 0 Å². The highest BCUT2D eigenvalue weighted by atomic mass is 32.2. The van der Waals surface area contributed by atoms with Crippen molar-refractivity contribution in [3.05, 3.63) is 11.9 Å². The van der Waals surface area contributed by atoms with Crippen LogP contribution in [0.3, 0.4) is 0 Å². The van der Waals surface area contributed by atoms with Gasteiger partial charge in [-0.3, -0.25) is 0 Å². The highest BCUT2D eigenvalue weighted by molar-refractivity contribution is 7.90. The van der Waals surface area contributed by atoms with Gasteiger partial charge in [0.05, 0.1) is 5.75 Å². The fraction of sp³-hybridized carbons (Fsp3) is 0.636. The second-order valence-electron chi connectivity index (χ2n) is 4.30. The fourth-order valence-corrected chi connectivity index (χ4v) is 2.60. The second kappa shape index (κ2) is 5.99. The first-order valence-corrected chi connectivity index (χ1v) is 7.90. The lowest BCUT2D eigenvalue weighted by molar-refractivity contribution is 0.598. The van der Waals surface area contributed by atoms with E-state index in [0.29, 0.717) is 5.82 Å². The van der Waals surface area contributed by atoms with Gasteiger partial charge in [-0.25, -0.2) is 18.4 Å². The normalized spacial score (nSPS) is 13.1. The lowest BCUT2D eigenvalue weighted by Crippen LogP contribution is -2.25. The molecule has 0 saturated heterocycles. The molecule has 0 fully saturated rings. The van der Waals surface area contributed by atoms with Gasteiger partial charge in [-0.05, 0) is 6.92 Å². The first-order valence-electron chi connectivity index (χ1n) is 5.84. The summed E-state index contributed by atoms with van der Waals surface area (Å²) in [6.07, 6.45) is 1.95. The van der Waals surface area contributed by atoms with E-state index in [9.17, 15) is 8.42 Å². The van der Waals surface area contributed by atoms with Gasteiger partial charge in [0, 0.05) is 31.8 Å². The van der Waals surface area contributed by atoms with E-state index in [0.717, 1.165) is 18.1 Å². The summed E-state index contributed by atoms with van der Waals surface area (Å²) in [5, 5.41) is 6.03. The Kier molecular flexibility index (Phi) is 4.89. The third-order valence-electron chi connectivity index (χ3n) is 2.29. The van der Waals surface area contributed by atoms with Crippen molar-refractivity contribution in [2.45, 2.75) is 26.3 Å². The molecule has 1 heterocycles. The minimum Gasteiger partial charge on any atom is -0.373 e. The van der Waals surface area contributed by atoms with Crippen LogP contribution in [0.2, 0.25) is 0 Å². The van der Waals surface area contributed by atoms with E-state index in [1.807, 2.05) is 13.8 Å². The smallest absolute Gasteiger partial charge is 0.149 e. The molecule has 2 N–H and O–H groups in total. The van der Waals surface area contributed by atoms with Gasteiger partial charge in [-0.15, -0.1) is 0 Å². The van der Waals surface area contributed by atoms with E-state index in [-0.39, 0.29) is 11.8 Å². The van der Waals surface area contributed by atoms with Crippen LogP contribution in [0.15, 0.2) is 6.07 Å². The van der Waals surface area contributed by atoms with Crippen molar-refractivity contribution in [3.63, 3.8) is 0 Å². The van der Waals surface area contributed by atoms with E-state index in [2.05, 4.69) is 20.6 Å². The van der Waals surface area contributed by atoms with Crippen molar-refractivity contribution in [2.24, 2.45) is 0 Å². The van der Waals surface area contributed by atoms with E-state index >= 15 is 0 Å². The summed E-state index contributed by atoms with van der Waals surface area (Å²) in [5.41, 5.74) is 0. The molecule has 0 aromatic carbocycles. The van der Waals surface area contributed by atoms with Crippen LogP contribution >= 0.6 is 0 Å². The standard InChI is InChI=1S/C11H20N4O2S/c1-5-9-14-10(12-3)6-11(15-9)13-8(2)7-18(4,16)17/h6,8H,5,7H2,1-4H3,(H2,12,13,14,15). The molecule has 7 heteroatoms. The SMILES string of the molecule is CCc1nc(NC)cc(NC(C)CS(C)(=O)=O)n1. The van der Waals surface area contributed by atoms with Crippen LogP contribution < -0.4 is 10.6 Å². The quantitative estimate of drug-likeness (QED) is 0.801. The molecule has 0 amide bonds. The molecular formula is C11H20N4O2S. The van der Waals surface area contributed by atoms with Crippen molar-refractivity contribution < 1.29 is 8.42 Å². The van der Waals surface area contributed by atoms with Gasteiger partial charge >= 0.3 is 0 Å². The van der Waals surface area contributed by atoms with Gasteiger partial charge in [0.15, 0.2) is 0 Å². The molecule has 1 rings (SSSR count). The predicted octanol–water partition coefficient (Wildman–Crippen LogP) is 0.926. The lowest BCUT2D eigenvalue weighted by Gasteiger charge is -2.14. The molecule has 0 aliphatic rings. The first kappa shape index (κ1) is 14.7. The number of anilines is 2. The predicted molar refractivity (Wildman–Crippen MR) is 73.8 cm³/mol. The maximum absolute atomic E-state index is 11.2. The highest BCUT2D eigenvalue weighted by Crippen LogP contribution is 2.12. The van der Waals surface area contributed by atoms with Crippen molar-refractivity contribution >= 4 is 21.5 Å². The number of hydrogen-bond donors (Lipinski definition) is 2. The molecular weight excluding hydrogens is 252 g/mol. The number of nitrogens with one attached hydrogen (secondary N) is 2. The average molecular weight is 272 g/mol. The van der Waals surface area contributed by atoms with Crippen molar-refractivity contribution in [1.29, 1.82) is 0 Å².